The van der Waals surface area contributed by atoms with Gasteiger partial charge in [0, 0.05) is 31.7 Å². The number of hydrogen-bond acceptors (Lipinski definition) is 4. The van der Waals surface area contributed by atoms with Crippen LogP contribution in [0.15, 0.2) is 30.7 Å². The van der Waals surface area contributed by atoms with Crippen LogP contribution in [0.25, 0.3) is 5.65 Å². The number of carbonyl (C=O) groups excluding carboxylic acids is 1. The molecular formula is C14H17N3O3. The Morgan fingerprint density at radius 3 is 3.05 bits per heavy atom. The van der Waals surface area contributed by atoms with Gasteiger partial charge >= 0.3 is 0 Å². The van der Waals surface area contributed by atoms with Crippen LogP contribution in [0.1, 0.15) is 23.7 Å². The minimum atomic E-state index is -1.12. The Morgan fingerprint density at radius 1 is 1.50 bits per heavy atom. The average molecular weight is 275 g/mol. The second-order valence-electron chi connectivity index (χ2n) is 5.48. The number of likely N-dealkylation sites (tertiary alicyclic amines) is 1. The van der Waals surface area contributed by atoms with Gasteiger partial charge in [0.2, 0.25) is 0 Å². The van der Waals surface area contributed by atoms with Crippen molar-refractivity contribution in [3.05, 3.63) is 36.3 Å². The minimum Gasteiger partial charge on any atom is -0.388 e. The first-order chi connectivity index (χ1) is 9.47. The summed E-state index contributed by atoms with van der Waals surface area (Å²) in [6, 6.07) is 3.51. The number of carbonyl (C=O) groups is 1. The lowest BCUT2D eigenvalue weighted by Crippen LogP contribution is -2.55. The number of imidazole rings is 1. The fraction of sp³-hybridized carbons (Fsp3) is 0.429. The van der Waals surface area contributed by atoms with Crippen molar-refractivity contribution in [3.63, 3.8) is 0 Å². The van der Waals surface area contributed by atoms with Crippen molar-refractivity contribution in [2.45, 2.75) is 25.0 Å². The molecule has 20 heavy (non-hydrogen) atoms. The lowest BCUT2D eigenvalue weighted by atomic mass is 9.90. The van der Waals surface area contributed by atoms with E-state index in [1.165, 1.54) is 0 Å². The molecule has 1 aliphatic heterocycles. The molecule has 0 aromatic carbocycles. The van der Waals surface area contributed by atoms with Crippen molar-refractivity contribution in [2.75, 3.05) is 13.1 Å². The maximum Gasteiger partial charge on any atom is 0.255 e. The molecule has 2 N–H and O–H groups in total. The maximum absolute atomic E-state index is 12.4. The molecule has 1 fully saturated rings. The summed E-state index contributed by atoms with van der Waals surface area (Å²) in [5.74, 6) is -0.143. The van der Waals surface area contributed by atoms with Crippen LogP contribution in [0, 0.1) is 0 Å². The highest BCUT2D eigenvalue weighted by Gasteiger charge is 2.38. The van der Waals surface area contributed by atoms with Crippen LogP contribution in [-0.2, 0) is 0 Å². The third-order valence-electron chi connectivity index (χ3n) is 3.92. The summed E-state index contributed by atoms with van der Waals surface area (Å²) < 4.78 is 1.78. The molecule has 1 aliphatic rings. The largest absolute Gasteiger partial charge is 0.388 e. The van der Waals surface area contributed by atoms with Gasteiger partial charge in [0.1, 0.15) is 5.65 Å². The molecule has 2 aromatic rings. The number of aromatic nitrogens is 2. The Balaban J connectivity index is 1.82. The highest BCUT2D eigenvalue weighted by molar-refractivity contribution is 5.94. The van der Waals surface area contributed by atoms with E-state index < -0.39 is 11.7 Å². The normalized spacial score (nSPS) is 26.9. The average Bonchev–Trinajstić information content (AvgIpc) is 2.88. The third-order valence-corrected chi connectivity index (χ3v) is 3.92. The van der Waals surface area contributed by atoms with Crippen LogP contribution in [0.2, 0.25) is 0 Å². The standard InChI is InChI=1S/C14H17N3O3/c1-14(20)4-6-17(9-11(14)18)13(19)10-2-3-12-15-5-7-16(12)8-10/h2-3,5,7-8,11,18,20H,4,6,9H2,1H3/t11-,14-/m0/s1. The highest BCUT2D eigenvalue weighted by Crippen LogP contribution is 2.23. The quantitative estimate of drug-likeness (QED) is 0.784. The molecule has 6 heteroatoms. The molecule has 0 bridgehead atoms. The minimum absolute atomic E-state index is 0.143. The summed E-state index contributed by atoms with van der Waals surface area (Å²) in [7, 11) is 0. The molecule has 106 valence electrons. The van der Waals surface area contributed by atoms with Crippen molar-refractivity contribution in [1.29, 1.82) is 0 Å². The fourth-order valence-corrected chi connectivity index (χ4v) is 2.44. The fourth-order valence-electron chi connectivity index (χ4n) is 2.44. The van der Waals surface area contributed by atoms with Gasteiger partial charge in [-0.2, -0.15) is 0 Å². The van der Waals surface area contributed by atoms with Crippen molar-refractivity contribution in [2.24, 2.45) is 0 Å². The van der Waals surface area contributed by atoms with E-state index in [1.54, 1.807) is 46.9 Å². The molecule has 0 spiro atoms. The summed E-state index contributed by atoms with van der Waals surface area (Å²) in [4.78, 5) is 18.1. The Hall–Kier alpha value is -1.92. The van der Waals surface area contributed by atoms with Gasteiger partial charge in [0.05, 0.1) is 17.3 Å². The van der Waals surface area contributed by atoms with Crippen molar-refractivity contribution >= 4 is 11.6 Å². The van der Waals surface area contributed by atoms with Crippen molar-refractivity contribution < 1.29 is 15.0 Å². The summed E-state index contributed by atoms with van der Waals surface area (Å²) in [5.41, 5.74) is 0.206. The number of hydrogen-bond donors (Lipinski definition) is 2. The molecule has 0 unspecified atom stereocenters. The second-order valence-corrected chi connectivity index (χ2v) is 5.48. The smallest absolute Gasteiger partial charge is 0.255 e. The van der Waals surface area contributed by atoms with E-state index in [-0.39, 0.29) is 12.5 Å². The SMILES string of the molecule is C[C@]1(O)CCN(C(=O)c2ccc3nccn3c2)C[C@@H]1O. The predicted molar refractivity (Wildman–Crippen MR) is 72.3 cm³/mol. The van der Waals surface area contributed by atoms with Gasteiger partial charge in [0.15, 0.2) is 0 Å². The van der Waals surface area contributed by atoms with Gasteiger partial charge in [-0.15, -0.1) is 0 Å². The Labute approximate surface area is 116 Å². The number of aliphatic hydroxyl groups excluding tert-OH is 1. The predicted octanol–water partition coefficient (Wildman–Crippen LogP) is 0.292. The molecule has 0 radical (unpaired) electrons. The monoisotopic (exact) mass is 275 g/mol. The van der Waals surface area contributed by atoms with E-state index in [9.17, 15) is 15.0 Å². The summed E-state index contributed by atoms with van der Waals surface area (Å²) in [6.07, 6.45) is 4.63. The summed E-state index contributed by atoms with van der Waals surface area (Å²) in [6.45, 7) is 2.18. The number of rotatable bonds is 1. The molecule has 0 saturated carbocycles. The second kappa shape index (κ2) is 4.57. The molecule has 3 heterocycles. The zero-order chi connectivity index (χ0) is 14.3. The van der Waals surface area contributed by atoms with E-state index in [2.05, 4.69) is 4.98 Å². The summed E-state index contributed by atoms with van der Waals surface area (Å²) >= 11 is 0. The van der Waals surface area contributed by atoms with Gasteiger partial charge < -0.3 is 19.5 Å². The molecule has 6 nitrogen and oxygen atoms in total. The Morgan fingerprint density at radius 2 is 2.30 bits per heavy atom. The maximum atomic E-state index is 12.4. The lowest BCUT2D eigenvalue weighted by Gasteiger charge is -2.39. The molecule has 2 aromatic heterocycles. The topological polar surface area (TPSA) is 78.1 Å². The van der Waals surface area contributed by atoms with Gasteiger partial charge in [-0.1, -0.05) is 0 Å². The molecule has 1 saturated heterocycles. The van der Waals surface area contributed by atoms with Crippen LogP contribution in [-0.4, -0.2) is 55.2 Å². The number of amides is 1. The summed E-state index contributed by atoms with van der Waals surface area (Å²) in [5, 5.41) is 19.8. The van der Waals surface area contributed by atoms with Crippen molar-refractivity contribution in [1.82, 2.24) is 14.3 Å². The number of β-amino-alcohol motifs (C(OH)–C–C–N with tert-alkyl or cyclic N) is 1. The van der Waals surface area contributed by atoms with E-state index in [4.69, 9.17) is 0 Å². The number of piperidine rings is 1. The lowest BCUT2D eigenvalue weighted by molar-refractivity contribution is -0.0999. The Kier molecular flexibility index (Phi) is 2.99. The first-order valence-electron chi connectivity index (χ1n) is 6.60. The number of pyridine rings is 1. The number of nitrogens with zero attached hydrogens (tertiary/aromatic N) is 3. The molecular weight excluding hydrogens is 258 g/mol. The molecule has 1 amide bonds. The van der Waals surface area contributed by atoms with Crippen LogP contribution in [0.4, 0.5) is 0 Å². The third kappa shape index (κ3) is 2.17. The van der Waals surface area contributed by atoms with Gasteiger partial charge in [-0.05, 0) is 25.5 Å². The molecule has 3 rings (SSSR count). The van der Waals surface area contributed by atoms with E-state index >= 15 is 0 Å². The first-order valence-corrected chi connectivity index (χ1v) is 6.60. The van der Waals surface area contributed by atoms with Crippen molar-refractivity contribution in [3.8, 4) is 0 Å². The Bertz CT molecular complexity index is 650. The van der Waals surface area contributed by atoms with Gasteiger partial charge in [-0.25, -0.2) is 4.98 Å². The van der Waals surface area contributed by atoms with Crippen LogP contribution >= 0.6 is 0 Å². The number of aliphatic hydroxyl groups is 2. The van der Waals surface area contributed by atoms with Crippen LogP contribution in [0.5, 0.6) is 0 Å². The highest BCUT2D eigenvalue weighted by atomic mass is 16.3. The van der Waals surface area contributed by atoms with E-state index in [1.807, 2.05) is 0 Å². The number of fused-ring (bicyclic) bond motifs is 1. The van der Waals surface area contributed by atoms with E-state index in [0.29, 0.717) is 18.5 Å². The molecule has 2 atom stereocenters. The zero-order valence-electron chi connectivity index (χ0n) is 11.2. The molecule has 0 aliphatic carbocycles. The first kappa shape index (κ1) is 13.1. The van der Waals surface area contributed by atoms with E-state index in [0.717, 1.165) is 5.65 Å². The zero-order valence-corrected chi connectivity index (χ0v) is 11.2. The van der Waals surface area contributed by atoms with Crippen LogP contribution in [0.3, 0.4) is 0 Å². The van der Waals surface area contributed by atoms with Gasteiger partial charge in [-0.3, -0.25) is 4.79 Å². The van der Waals surface area contributed by atoms with Crippen LogP contribution < -0.4 is 0 Å². The van der Waals surface area contributed by atoms with Gasteiger partial charge in [0.25, 0.3) is 5.91 Å².